The highest BCUT2D eigenvalue weighted by Crippen LogP contribution is 2.16. The zero-order valence-electron chi connectivity index (χ0n) is 11.1. The molecule has 1 heteroatoms. The summed E-state index contributed by atoms with van der Waals surface area (Å²) in [4.78, 5) is 0. The van der Waals surface area contributed by atoms with Gasteiger partial charge in [-0.15, -0.1) is 0 Å². The third kappa shape index (κ3) is 10.2. The van der Waals surface area contributed by atoms with Crippen molar-refractivity contribution in [3.63, 3.8) is 0 Å². The van der Waals surface area contributed by atoms with E-state index in [-0.39, 0.29) is 6.10 Å². The van der Waals surface area contributed by atoms with Crippen LogP contribution in [0.3, 0.4) is 0 Å². The lowest BCUT2D eigenvalue weighted by atomic mass is 9.96. The molecule has 0 spiro atoms. The van der Waals surface area contributed by atoms with Gasteiger partial charge in [-0.05, 0) is 31.1 Å². The van der Waals surface area contributed by atoms with E-state index >= 15 is 0 Å². The van der Waals surface area contributed by atoms with Crippen LogP contribution in [0.5, 0.6) is 0 Å². The summed E-state index contributed by atoms with van der Waals surface area (Å²) >= 11 is 0. The molecule has 92 valence electrons. The van der Waals surface area contributed by atoms with Gasteiger partial charge in [-0.1, -0.05) is 53.4 Å². The average molecular weight is 214 g/mol. The van der Waals surface area contributed by atoms with Gasteiger partial charge in [-0.2, -0.15) is 0 Å². The van der Waals surface area contributed by atoms with Crippen molar-refractivity contribution in [1.82, 2.24) is 0 Å². The van der Waals surface area contributed by atoms with Crippen LogP contribution >= 0.6 is 0 Å². The van der Waals surface area contributed by atoms with Crippen LogP contribution in [-0.4, -0.2) is 11.2 Å². The van der Waals surface area contributed by atoms with Gasteiger partial charge in [0.25, 0.3) is 0 Å². The largest absolute Gasteiger partial charge is 0.393 e. The van der Waals surface area contributed by atoms with E-state index in [2.05, 4.69) is 27.7 Å². The first-order valence-corrected chi connectivity index (χ1v) is 6.74. The topological polar surface area (TPSA) is 20.2 Å². The summed E-state index contributed by atoms with van der Waals surface area (Å²) in [5.41, 5.74) is 0. The molecule has 0 heterocycles. The number of aliphatic hydroxyl groups is 1. The van der Waals surface area contributed by atoms with Crippen LogP contribution in [0.1, 0.15) is 72.6 Å². The molecular weight excluding hydrogens is 184 g/mol. The average Bonchev–Trinajstić information content (AvgIpc) is 2.15. The highest BCUT2D eigenvalue weighted by Gasteiger charge is 2.07. The number of aliphatic hydroxyl groups excluding tert-OH is 1. The van der Waals surface area contributed by atoms with Crippen LogP contribution in [0, 0.1) is 11.8 Å². The van der Waals surface area contributed by atoms with Crippen LogP contribution in [0.25, 0.3) is 0 Å². The minimum Gasteiger partial charge on any atom is -0.393 e. The Kier molecular flexibility index (Phi) is 9.18. The maximum absolute atomic E-state index is 9.74. The van der Waals surface area contributed by atoms with Crippen molar-refractivity contribution in [3.8, 4) is 0 Å². The lowest BCUT2D eigenvalue weighted by Crippen LogP contribution is -2.08. The first-order chi connectivity index (χ1) is 7.06. The molecule has 1 N–H and O–H groups in total. The summed E-state index contributed by atoms with van der Waals surface area (Å²) < 4.78 is 0. The number of hydrogen-bond acceptors (Lipinski definition) is 1. The van der Waals surface area contributed by atoms with E-state index in [1.807, 2.05) is 0 Å². The van der Waals surface area contributed by atoms with E-state index in [1.165, 1.54) is 25.7 Å². The Morgan fingerprint density at radius 2 is 1.53 bits per heavy atom. The molecule has 0 saturated carbocycles. The zero-order valence-corrected chi connectivity index (χ0v) is 11.1. The SMILES string of the molecule is CCCC(C)CCCC(O)CCC(C)C. The Morgan fingerprint density at radius 3 is 2.07 bits per heavy atom. The molecule has 15 heavy (non-hydrogen) atoms. The monoisotopic (exact) mass is 214 g/mol. The molecule has 2 unspecified atom stereocenters. The molecule has 0 rings (SSSR count). The summed E-state index contributed by atoms with van der Waals surface area (Å²) in [6.07, 6.45) is 8.19. The highest BCUT2D eigenvalue weighted by molar-refractivity contribution is 4.60. The van der Waals surface area contributed by atoms with E-state index in [4.69, 9.17) is 0 Å². The predicted octanol–water partition coefficient (Wildman–Crippen LogP) is 4.39. The molecule has 0 fully saturated rings. The van der Waals surface area contributed by atoms with Crippen LogP contribution in [0.4, 0.5) is 0 Å². The van der Waals surface area contributed by atoms with Gasteiger partial charge >= 0.3 is 0 Å². The van der Waals surface area contributed by atoms with Gasteiger partial charge in [-0.25, -0.2) is 0 Å². The van der Waals surface area contributed by atoms with E-state index in [1.54, 1.807) is 0 Å². The first kappa shape index (κ1) is 15.0. The molecular formula is C14H30O. The Hall–Kier alpha value is -0.0400. The smallest absolute Gasteiger partial charge is 0.0540 e. The Bertz CT molecular complexity index is 131. The molecule has 0 amide bonds. The molecule has 0 aromatic carbocycles. The van der Waals surface area contributed by atoms with Crippen LogP contribution in [0.2, 0.25) is 0 Å². The second-order valence-electron chi connectivity index (χ2n) is 5.45. The molecule has 1 nitrogen and oxygen atoms in total. The number of hydrogen-bond donors (Lipinski definition) is 1. The fourth-order valence-corrected chi connectivity index (χ4v) is 2.01. The van der Waals surface area contributed by atoms with Gasteiger partial charge in [0, 0.05) is 0 Å². The van der Waals surface area contributed by atoms with Gasteiger partial charge in [-0.3, -0.25) is 0 Å². The van der Waals surface area contributed by atoms with Crippen molar-refractivity contribution < 1.29 is 5.11 Å². The maximum Gasteiger partial charge on any atom is 0.0540 e. The normalized spacial score (nSPS) is 15.6. The van der Waals surface area contributed by atoms with Gasteiger partial charge in [0.05, 0.1) is 6.10 Å². The van der Waals surface area contributed by atoms with E-state index in [0.717, 1.165) is 31.1 Å². The molecule has 0 aromatic rings. The Morgan fingerprint density at radius 1 is 0.867 bits per heavy atom. The zero-order chi connectivity index (χ0) is 11.7. The minimum atomic E-state index is -0.0544. The van der Waals surface area contributed by atoms with E-state index in [0.29, 0.717) is 0 Å². The van der Waals surface area contributed by atoms with Crippen LogP contribution < -0.4 is 0 Å². The first-order valence-electron chi connectivity index (χ1n) is 6.74. The minimum absolute atomic E-state index is 0.0544. The standard InChI is InChI=1S/C14H30O/c1-5-7-13(4)8-6-9-14(15)11-10-12(2)3/h12-15H,5-11H2,1-4H3. The third-order valence-corrected chi connectivity index (χ3v) is 3.09. The van der Waals surface area contributed by atoms with Crippen molar-refractivity contribution >= 4 is 0 Å². The van der Waals surface area contributed by atoms with E-state index < -0.39 is 0 Å². The molecule has 0 saturated heterocycles. The second kappa shape index (κ2) is 9.21. The molecule has 0 radical (unpaired) electrons. The molecule has 0 aliphatic rings. The van der Waals surface area contributed by atoms with Gasteiger partial charge in [0.1, 0.15) is 0 Å². The van der Waals surface area contributed by atoms with Crippen LogP contribution in [0.15, 0.2) is 0 Å². The number of rotatable bonds is 9. The third-order valence-electron chi connectivity index (χ3n) is 3.09. The fourth-order valence-electron chi connectivity index (χ4n) is 2.01. The summed E-state index contributed by atoms with van der Waals surface area (Å²) in [7, 11) is 0. The van der Waals surface area contributed by atoms with Gasteiger partial charge < -0.3 is 5.11 Å². The molecule has 0 aromatic heterocycles. The lowest BCUT2D eigenvalue weighted by Gasteiger charge is -2.14. The van der Waals surface area contributed by atoms with Crippen molar-refractivity contribution in [3.05, 3.63) is 0 Å². The second-order valence-corrected chi connectivity index (χ2v) is 5.45. The lowest BCUT2D eigenvalue weighted by molar-refractivity contribution is 0.142. The molecule has 0 aliphatic carbocycles. The Balaban J connectivity index is 3.34. The van der Waals surface area contributed by atoms with Crippen molar-refractivity contribution in [2.75, 3.05) is 0 Å². The summed E-state index contributed by atoms with van der Waals surface area (Å²) in [6, 6.07) is 0. The van der Waals surface area contributed by atoms with Gasteiger partial charge in [0.2, 0.25) is 0 Å². The quantitative estimate of drug-likeness (QED) is 0.603. The van der Waals surface area contributed by atoms with Crippen molar-refractivity contribution in [1.29, 1.82) is 0 Å². The molecule has 2 atom stereocenters. The summed E-state index contributed by atoms with van der Waals surface area (Å²) in [6.45, 7) is 9.00. The maximum atomic E-state index is 9.74. The van der Waals surface area contributed by atoms with Crippen LogP contribution in [-0.2, 0) is 0 Å². The summed E-state index contributed by atoms with van der Waals surface area (Å²) in [5, 5.41) is 9.74. The summed E-state index contributed by atoms with van der Waals surface area (Å²) in [5.74, 6) is 1.56. The molecule has 0 bridgehead atoms. The Labute approximate surface area is 96.3 Å². The predicted molar refractivity (Wildman–Crippen MR) is 68.0 cm³/mol. The fraction of sp³-hybridized carbons (Fsp3) is 1.00. The van der Waals surface area contributed by atoms with Crippen molar-refractivity contribution in [2.45, 2.75) is 78.7 Å². The molecule has 0 aliphatic heterocycles. The van der Waals surface area contributed by atoms with Gasteiger partial charge in [0.15, 0.2) is 0 Å². The van der Waals surface area contributed by atoms with Crippen molar-refractivity contribution in [2.24, 2.45) is 11.8 Å². The highest BCUT2D eigenvalue weighted by atomic mass is 16.3. The van der Waals surface area contributed by atoms with E-state index in [9.17, 15) is 5.11 Å².